The van der Waals surface area contributed by atoms with Crippen LogP contribution in [0.15, 0.2) is 27.4 Å². The van der Waals surface area contributed by atoms with Gasteiger partial charge in [0, 0.05) is 17.1 Å². The van der Waals surface area contributed by atoms with Gasteiger partial charge in [-0.3, -0.25) is 10.1 Å². The molecule has 0 spiro atoms. The molecule has 2 rings (SSSR count). The van der Waals surface area contributed by atoms with Gasteiger partial charge in [-0.15, -0.1) is 0 Å². The molecule has 0 aliphatic heterocycles. The van der Waals surface area contributed by atoms with Gasteiger partial charge in [0.1, 0.15) is 11.2 Å². The van der Waals surface area contributed by atoms with Crippen LogP contribution in [-0.2, 0) is 16.0 Å². The fourth-order valence-corrected chi connectivity index (χ4v) is 2.25. The van der Waals surface area contributed by atoms with E-state index in [4.69, 9.17) is 14.3 Å². The Labute approximate surface area is 138 Å². The Bertz CT molecular complexity index is 860. The van der Waals surface area contributed by atoms with Crippen LogP contribution in [0.2, 0.25) is 0 Å². The van der Waals surface area contributed by atoms with Crippen LogP contribution in [0.4, 0.5) is 10.5 Å². The molecule has 0 saturated heterocycles. The zero-order valence-electron chi connectivity index (χ0n) is 13.9. The second-order valence-corrected chi connectivity index (χ2v) is 6.40. The molecule has 1 aromatic heterocycles. The highest BCUT2D eigenvalue weighted by Gasteiger charge is 2.17. The molecule has 1 amide bonds. The highest BCUT2D eigenvalue weighted by molar-refractivity contribution is 5.90. The maximum Gasteiger partial charge on any atom is 0.412 e. The summed E-state index contributed by atoms with van der Waals surface area (Å²) in [6.45, 7) is 6.91. The topological polar surface area (TPSA) is 106 Å². The van der Waals surface area contributed by atoms with Crippen LogP contribution in [0.3, 0.4) is 0 Å². The number of carboxylic acids is 1. The Balaban J connectivity index is 2.37. The number of anilines is 1. The standard InChI is InChI=1S/C17H19NO6/c1-9-11-6-5-10(18-16(22)24-17(2,3)4)7-13(11)23-15(21)12(9)8-14(19)20/h5-7H,8H2,1-4H3,(H,18,22)(H,19,20). The first kappa shape index (κ1) is 17.5. The molecule has 2 N–H and O–H groups in total. The molecule has 1 aromatic carbocycles. The van der Waals surface area contributed by atoms with Crippen molar-refractivity contribution in [2.75, 3.05) is 5.32 Å². The zero-order valence-corrected chi connectivity index (χ0v) is 13.9. The number of carbonyl (C=O) groups excluding carboxylic acids is 1. The average Bonchev–Trinajstić information content (AvgIpc) is 2.40. The van der Waals surface area contributed by atoms with Gasteiger partial charge < -0.3 is 14.3 Å². The molecule has 24 heavy (non-hydrogen) atoms. The maximum atomic E-state index is 12.0. The van der Waals surface area contributed by atoms with Gasteiger partial charge in [0.25, 0.3) is 0 Å². The third-order valence-electron chi connectivity index (χ3n) is 3.26. The average molecular weight is 333 g/mol. The normalized spacial score (nSPS) is 11.3. The van der Waals surface area contributed by atoms with Crippen molar-refractivity contribution in [3.8, 4) is 0 Å². The van der Waals surface area contributed by atoms with Crippen molar-refractivity contribution in [1.82, 2.24) is 0 Å². The quantitative estimate of drug-likeness (QED) is 0.836. The van der Waals surface area contributed by atoms with Crippen molar-refractivity contribution < 1.29 is 23.8 Å². The van der Waals surface area contributed by atoms with Gasteiger partial charge in [0.05, 0.1) is 12.0 Å². The monoisotopic (exact) mass is 333 g/mol. The number of rotatable bonds is 3. The lowest BCUT2D eigenvalue weighted by Crippen LogP contribution is -2.27. The first-order valence-corrected chi connectivity index (χ1v) is 7.35. The Kier molecular flexibility index (Phi) is 4.64. The van der Waals surface area contributed by atoms with Crippen molar-refractivity contribution in [3.63, 3.8) is 0 Å². The summed E-state index contributed by atoms with van der Waals surface area (Å²) in [5.41, 5.74) is 0.00753. The van der Waals surface area contributed by atoms with Crippen LogP contribution in [0, 0.1) is 6.92 Å². The van der Waals surface area contributed by atoms with E-state index in [0.29, 0.717) is 16.6 Å². The Morgan fingerprint density at radius 2 is 1.96 bits per heavy atom. The molecule has 0 radical (unpaired) electrons. The van der Waals surface area contributed by atoms with E-state index in [1.54, 1.807) is 39.8 Å². The van der Waals surface area contributed by atoms with Gasteiger partial charge in [-0.25, -0.2) is 9.59 Å². The van der Waals surface area contributed by atoms with E-state index in [0.717, 1.165) is 0 Å². The van der Waals surface area contributed by atoms with Crippen LogP contribution in [-0.4, -0.2) is 22.8 Å². The molecule has 0 aliphatic rings. The van der Waals surface area contributed by atoms with Crippen LogP contribution in [0.5, 0.6) is 0 Å². The second kappa shape index (κ2) is 6.35. The van der Waals surface area contributed by atoms with E-state index in [1.165, 1.54) is 6.07 Å². The number of hydrogen-bond donors (Lipinski definition) is 2. The highest BCUT2D eigenvalue weighted by Crippen LogP contribution is 2.23. The van der Waals surface area contributed by atoms with Crippen LogP contribution in [0.25, 0.3) is 11.0 Å². The molecule has 0 fully saturated rings. The van der Waals surface area contributed by atoms with Crippen molar-refractivity contribution in [3.05, 3.63) is 39.7 Å². The third kappa shape index (κ3) is 4.13. The van der Waals surface area contributed by atoms with Crippen molar-refractivity contribution in [2.45, 2.75) is 39.7 Å². The van der Waals surface area contributed by atoms with Gasteiger partial charge in [0.15, 0.2) is 0 Å². The van der Waals surface area contributed by atoms with Gasteiger partial charge in [-0.05, 0) is 45.4 Å². The summed E-state index contributed by atoms with van der Waals surface area (Å²) in [5, 5.41) is 12.1. The summed E-state index contributed by atoms with van der Waals surface area (Å²) in [6, 6.07) is 4.79. The fraction of sp³-hybridized carbons (Fsp3) is 0.353. The first-order chi connectivity index (χ1) is 11.1. The lowest BCUT2D eigenvalue weighted by molar-refractivity contribution is -0.136. The Hall–Kier alpha value is -2.83. The molecule has 0 aliphatic carbocycles. The molecule has 0 atom stereocenters. The Morgan fingerprint density at radius 3 is 2.54 bits per heavy atom. The van der Waals surface area contributed by atoms with Gasteiger partial charge in [-0.1, -0.05) is 0 Å². The minimum Gasteiger partial charge on any atom is -0.481 e. The molecule has 7 heteroatoms. The van der Waals surface area contributed by atoms with E-state index in [9.17, 15) is 14.4 Å². The summed E-state index contributed by atoms with van der Waals surface area (Å²) in [6.07, 6.45) is -1.02. The maximum absolute atomic E-state index is 12.0. The van der Waals surface area contributed by atoms with E-state index >= 15 is 0 Å². The van der Waals surface area contributed by atoms with Gasteiger partial charge in [-0.2, -0.15) is 0 Å². The van der Waals surface area contributed by atoms with Gasteiger partial charge >= 0.3 is 17.7 Å². The lowest BCUT2D eigenvalue weighted by Gasteiger charge is -2.19. The van der Waals surface area contributed by atoms with Crippen LogP contribution in [0.1, 0.15) is 31.9 Å². The molecule has 2 aromatic rings. The van der Waals surface area contributed by atoms with Crippen molar-refractivity contribution in [1.29, 1.82) is 0 Å². The minimum atomic E-state index is -1.10. The number of fused-ring (bicyclic) bond motifs is 1. The van der Waals surface area contributed by atoms with Crippen molar-refractivity contribution >= 4 is 28.7 Å². The minimum absolute atomic E-state index is 0.114. The SMILES string of the molecule is Cc1c(CC(=O)O)c(=O)oc2cc(NC(=O)OC(C)(C)C)ccc12. The molecular formula is C17H19NO6. The molecule has 0 unspecified atom stereocenters. The summed E-state index contributed by atoms with van der Waals surface area (Å²) < 4.78 is 10.3. The number of aryl methyl sites for hydroxylation is 1. The highest BCUT2D eigenvalue weighted by atomic mass is 16.6. The summed E-state index contributed by atoms with van der Waals surface area (Å²) in [7, 11) is 0. The van der Waals surface area contributed by atoms with Crippen LogP contribution >= 0.6 is 0 Å². The first-order valence-electron chi connectivity index (χ1n) is 7.35. The second-order valence-electron chi connectivity index (χ2n) is 6.40. The Morgan fingerprint density at radius 1 is 1.29 bits per heavy atom. The number of carboxylic acid groups (broad SMARTS) is 1. The summed E-state index contributed by atoms with van der Waals surface area (Å²) in [4.78, 5) is 34.6. The molecular weight excluding hydrogens is 314 g/mol. The number of ether oxygens (including phenoxy) is 1. The number of carbonyl (C=O) groups is 2. The molecule has 7 nitrogen and oxygen atoms in total. The lowest BCUT2D eigenvalue weighted by atomic mass is 10.0. The molecule has 1 heterocycles. The van der Waals surface area contributed by atoms with Crippen molar-refractivity contribution in [2.24, 2.45) is 0 Å². The number of hydrogen-bond acceptors (Lipinski definition) is 5. The van der Waals surface area contributed by atoms with E-state index in [1.807, 2.05) is 0 Å². The fourth-order valence-electron chi connectivity index (χ4n) is 2.25. The predicted molar refractivity (Wildman–Crippen MR) is 88.4 cm³/mol. The number of nitrogens with one attached hydrogen (secondary N) is 1. The number of benzene rings is 1. The van der Waals surface area contributed by atoms with E-state index < -0.39 is 29.7 Å². The molecule has 128 valence electrons. The van der Waals surface area contributed by atoms with E-state index in [-0.39, 0.29) is 11.1 Å². The van der Waals surface area contributed by atoms with E-state index in [2.05, 4.69) is 5.32 Å². The zero-order chi connectivity index (χ0) is 18.1. The van der Waals surface area contributed by atoms with Gasteiger partial charge in [0.2, 0.25) is 0 Å². The third-order valence-corrected chi connectivity index (χ3v) is 3.26. The van der Waals surface area contributed by atoms with Crippen LogP contribution < -0.4 is 10.9 Å². The molecule has 0 saturated carbocycles. The number of amides is 1. The largest absolute Gasteiger partial charge is 0.481 e. The smallest absolute Gasteiger partial charge is 0.412 e. The summed E-state index contributed by atoms with van der Waals surface area (Å²) in [5.74, 6) is -1.10. The predicted octanol–water partition coefficient (Wildman–Crippen LogP) is 3.08. The molecule has 0 bridgehead atoms. The summed E-state index contributed by atoms with van der Waals surface area (Å²) >= 11 is 0. The number of aliphatic carboxylic acids is 1.